The average molecular weight is 346 g/mol. The summed E-state index contributed by atoms with van der Waals surface area (Å²) < 4.78 is 37.6. The molecule has 0 amide bonds. The third-order valence-corrected chi connectivity index (χ3v) is 3.45. The molecular formula is C17H13F3N4O. The van der Waals surface area contributed by atoms with Gasteiger partial charge in [0.1, 0.15) is 5.69 Å². The molecule has 8 heteroatoms. The third kappa shape index (κ3) is 4.23. The minimum Gasteiger partial charge on any atom is -0.324 e. The lowest BCUT2D eigenvalue weighted by atomic mass is 10.1. The van der Waals surface area contributed by atoms with Crippen molar-refractivity contribution in [1.82, 2.24) is 15.2 Å². The smallest absolute Gasteiger partial charge is 0.324 e. The average Bonchev–Trinajstić information content (AvgIpc) is 2.58. The van der Waals surface area contributed by atoms with Crippen molar-refractivity contribution in [2.45, 2.75) is 12.6 Å². The van der Waals surface area contributed by atoms with Crippen molar-refractivity contribution in [1.29, 1.82) is 0 Å². The van der Waals surface area contributed by atoms with E-state index in [2.05, 4.69) is 20.5 Å². The molecule has 5 nitrogen and oxygen atoms in total. The highest BCUT2D eigenvalue weighted by molar-refractivity contribution is 5.53. The van der Waals surface area contributed by atoms with E-state index in [0.717, 1.165) is 17.7 Å². The number of benzene rings is 2. The van der Waals surface area contributed by atoms with E-state index in [4.69, 9.17) is 0 Å². The number of rotatable bonds is 4. The zero-order valence-electron chi connectivity index (χ0n) is 12.8. The van der Waals surface area contributed by atoms with E-state index >= 15 is 0 Å². The molecule has 2 aromatic carbocycles. The SMILES string of the molecule is O=c1[nH]c(Nc2ccc(C(F)(F)F)cc2)nnc1Cc1ccccc1. The summed E-state index contributed by atoms with van der Waals surface area (Å²) in [5, 5.41) is 10.5. The Labute approximate surface area is 140 Å². The Morgan fingerprint density at radius 2 is 1.64 bits per heavy atom. The summed E-state index contributed by atoms with van der Waals surface area (Å²) >= 11 is 0. The monoisotopic (exact) mass is 346 g/mol. The molecule has 2 N–H and O–H groups in total. The van der Waals surface area contributed by atoms with Crippen molar-refractivity contribution in [2.24, 2.45) is 0 Å². The van der Waals surface area contributed by atoms with E-state index in [9.17, 15) is 18.0 Å². The van der Waals surface area contributed by atoms with Gasteiger partial charge in [-0.3, -0.25) is 9.78 Å². The van der Waals surface area contributed by atoms with Gasteiger partial charge in [-0.2, -0.15) is 13.2 Å². The summed E-state index contributed by atoms with van der Waals surface area (Å²) in [5.74, 6) is 0.0570. The van der Waals surface area contributed by atoms with E-state index in [0.29, 0.717) is 12.1 Å². The summed E-state index contributed by atoms with van der Waals surface area (Å²) in [6.07, 6.45) is -4.06. The second kappa shape index (κ2) is 6.76. The van der Waals surface area contributed by atoms with E-state index in [1.54, 1.807) is 0 Å². The van der Waals surface area contributed by atoms with Crippen LogP contribution in [-0.4, -0.2) is 15.2 Å². The van der Waals surface area contributed by atoms with E-state index in [1.165, 1.54) is 12.1 Å². The number of aromatic nitrogens is 3. The first-order valence-electron chi connectivity index (χ1n) is 7.36. The van der Waals surface area contributed by atoms with Gasteiger partial charge >= 0.3 is 6.18 Å². The fraction of sp³-hybridized carbons (Fsp3) is 0.118. The summed E-state index contributed by atoms with van der Waals surface area (Å²) in [5.41, 5.74) is 0.368. The number of nitrogens with one attached hydrogen (secondary N) is 2. The zero-order valence-corrected chi connectivity index (χ0v) is 12.8. The Kier molecular flexibility index (Phi) is 4.51. The molecule has 3 rings (SSSR count). The Bertz CT molecular complexity index is 906. The lowest BCUT2D eigenvalue weighted by molar-refractivity contribution is -0.137. The maximum Gasteiger partial charge on any atom is 0.416 e. The Morgan fingerprint density at radius 3 is 2.24 bits per heavy atom. The lowest BCUT2D eigenvalue weighted by Gasteiger charge is -2.09. The molecule has 25 heavy (non-hydrogen) atoms. The van der Waals surface area contributed by atoms with Crippen LogP contribution in [-0.2, 0) is 12.6 Å². The Balaban J connectivity index is 1.74. The van der Waals surface area contributed by atoms with Gasteiger partial charge in [0, 0.05) is 12.1 Å². The van der Waals surface area contributed by atoms with Crippen molar-refractivity contribution in [3.8, 4) is 0 Å². The fourth-order valence-electron chi connectivity index (χ4n) is 2.20. The molecule has 0 spiro atoms. The normalized spacial score (nSPS) is 11.3. The van der Waals surface area contributed by atoms with Crippen LogP contribution in [0.5, 0.6) is 0 Å². The minimum atomic E-state index is -4.40. The minimum absolute atomic E-state index is 0.0570. The summed E-state index contributed by atoms with van der Waals surface area (Å²) in [7, 11) is 0. The van der Waals surface area contributed by atoms with Gasteiger partial charge in [-0.15, -0.1) is 10.2 Å². The van der Waals surface area contributed by atoms with E-state index < -0.39 is 17.3 Å². The van der Waals surface area contributed by atoms with Gasteiger partial charge in [0.15, 0.2) is 0 Å². The molecule has 0 radical (unpaired) electrons. The van der Waals surface area contributed by atoms with E-state index in [-0.39, 0.29) is 11.6 Å². The number of nitrogens with zero attached hydrogens (tertiary/aromatic N) is 2. The third-order valence-electron chi connectivity index (χ3n) is 3.45. The zero-order chi connectivity index (χ0) is 17.9. The quantitative estimate of drug-likeness (QED) is 0.758. The lowest BCUT2D eigenvalue weighted by Crippen LogP contribution is -2.18. The molecule has 0 unspecified atom stereocenters. The fourth-order valence-corrected chi connectivity index (χ4v) is 2.20. The van der Waals surface area contributed by atoms with Crippen molar-refractivity contribution in [2.75, 3.05) is 5.32 Å². The highest BCUT2D eigenvalue weighted by atomic mass is 19.4. The molecule has 0 aliphatic rings. The van der Waals surface area contributed by atoms with Crippen LogP contribution in [0.3, 0.4) is 0 Å². The molecule has 0 fully saturated rings. The molecular weight excluding hydrogens is 333 g/mol. The molecule has 0 saturated heterocycles. The van der Waals surface area contributed by atoms with Crippen LogP contribution in [0, 0.1) is 0 Å². The van der Waals surface area contributed by atoms with Crippen LogP contribution >= 0.6 is 0 Å². The second-order valence-corrected chi connectivity index (χ2v) is 5.31. The number of alkyl halides is 3. The van der Waals surface area contributed by atoms with Gasteiger partial charge in [-0.25, -0.2) is 0 Å². The number of hydrogen-bond acceptors (Lipinski definition) is 4. The molecule has 3 aromatic rings. The van der Waals surface area contributed by atoms with Gasteiger partial charge in [0.25, 0.3) is 5.56 Å². The van der Waals surface area contributed by atoms with Gasteiger partial charge in [0.2, 0.25) is 5.95 Å². The molecule has 128 valence electrons. The molecule has 0 aliphatic carbocycles. The molecule has 0 bridgehead atoms. The number of hydrogen-bond donors (Lipinski definition) is 2. The number of aromatic amines is 1. The Hall–Kier alpha value is -3.16. The van der Waals surface area contributed by atoms with Crippen LogP contribution in [0.15, 0.2) is 59.4 Å². The molecule has 1 heterocycles. The van der Waals surface area contributed by atoms with E-state index in [1.807, 2.05) is 30.3 Å². The molecule has 1 aromatic heterocycles. The predicted molar refractivity (Wildman–Crippen MR) is 86.6 cm³/mol. The van der Waals surface area contributed by atoms with Gasteiger partial charge < -0.3 is 5.32 Å². The standard InChI is InChI=1S/C17H13F3N4O/c18-17(19,20)12-6-8-13(9-7-12)21-16-22-15(25)14(23-24-16)10-11-4-2-1-3-5-11/h1-9H,10H2,(H2,21,22,24,25). The maximum atomic E-state index is 12.5. The van der Waals surface area contributed by atoms with Crippen molar-refractivity contribution < 1.29 is 13.2 Å². The van der Waals surface area contributed by atoms with Gasteiger partial charge in [-0.1, -0.05) is 30.3 Å². The van der Waals surface area contributed by atoms with Gasteiger partial charge in [-0.05, 0) is 29.8 Å². The van der Waals surface area contributed by atoms with Crippen LogP contribution in [0.1, 0.15) is 16.8 Å². The first-order chi connectivity index (χ1) is 11.9. The summed E-state index contributed by atoms with van der Waals surface area (Å²) in [6, 6.07) is 13.7. The van der Waals surface area contributed by atoms with Crippen LogP contribution in [0.25, 0.3) is 0 Å². The Morgan fingerprint density at radius 1 is 0.960 bits per heavy atom. The number of halogens is 3. The largest absolute Gasteiger partial charge is 0.416 e. The summed E-state index contributed by atoms with van der Waals surface area (Å²) in [6.45, 7) is 0. The highest BCUT2D eigenvalue weighted by Gasteiger charge is 2.29. The predicted octanol–water partition coefficient (Wildman–Crippen LogP) is 3.52. The van der Waals surface area contributed by atoms with Crippen molar-refractivity contribution in [3.63, 3.8) is 0 Å². The van der Waals surface area contributed by atoms with Crippen molar-refractivity contribution in [3.05, 3.63) is 81.8 Å². The molecule has 0 saturated carbocycles. The molecule has 0 aliphatic heterocycles. The maximum absolute atomic E-state index is 12.5. The van der Waals surface area contributed by atoms with Crippen LogP contribution < -0.4 is 10.9 Å². The van der Waals surface area contributed by atoms with Gasteiger partial charge in [0.05, 0.1) is 5.56 Å². The number of anilines is 2. The highest BCUT2D eigenvalue weighted by Crippen LogP contribution is 2.30. The summed E-state index contributed by atoms with van der Waals surface area (Å²) in [4.78, 5) is 14.6. The van der Waals surface area contributed by atoms with Crippen molar-refractivity contribution >= 4 is 11.6 Å². The first kappa shape index (κ1) is 16.7. The van der Waals surface area contributed by atoms with Crippen LogP contribution in [0.2, 0.25) is 0 Å². The molecule has 0 atom stereocenters. The second-order valence-electron chi connectivity index (χ2n) is 5.31. The van der Waals surface area contributed by atoms with Crippen LogP contribution in [0.4, 0.5) is 24.8 Å². The first-order valence-corrected chi connectivity index (χ1v) is 7.36. The number of H-pyrrole nitrogens is 1. The topological polar surface area (TPSA) is 70.7 Å².